The number of esters is 1. The number of halogens is 4. The molecule has 1 aliphatic rings. The molecular weight excluding hydrogens is 933 g/mol. The Labute approximate surface area is 413 Å². The van der Waals surface area contributed by atoms with Gasteiger partial charge >= 0.3 is 18.2 Å². The lowest BCUT2D eigenvalue weighted by Crippen LogP contribution is -2.46. The molecule has 2 aromatic heterocycles. The second-order valence-electron chi connectivity index (χ2n) is 16.7. The number of benzene rings is 2. The Hall–Kier alpha value is -5.13. The van der Waals surface area contributed by atoms with Crippen LogP contribution in [0, 0.1) is 18.8 Å². The van der Waals surface area contributed by atoms with Crippen molar-refractivity contribution in [2.45, 2.75) is 71.0 Å². The summed E-state index contributed by atoms with van der Waals surface area (Å²) in [4.78, 5) is 45.8. The lowest BCUT2D eigenvalue weighted by atomic mass is 9.96. The van der Waals surface area contributed by atoms with Crippen molar-refractivity contribution in [1.29, 1.82) is 0 Å². The smallest absolute Gasteiger partial charge is 0.416 e. The van der Waals surface area contributed by atoms with Gasteiger partial charge in [0.25, 0.3) is 0 Å². The predicted molar refractivity (Wildman–Crippen MR) is 258 cm³/mol. The third kappa shape index (κ3) is 20.7. The molecule has 1 amide bonds. The number of aromatic nitrogens is 3. The number of fused-ring (bicyclic) bond motifs is 1. The zero-order valence-corrected chi connectivity index (χ0v) is 40.8. The highest BCUT2D eigenvalue weighted by molar-refractivity contribution is 6.17. The van der Waals surface area contributed by atoms with Crippen LogP contribution in [0.25, 0.3) is 5.65 Å². The number of alkyl halides is 4. The molecule has 1 fully saturated rings. The van der Waals surface area contributed by atoms with Crippen LogP contribution in [-0.2, 0) is 52.4 Å². The average molecular weight is 1000 g/mol. The number of piperazine rings is 1. The third-order valence-corrected chi connectivity index (χ3v) is 11.6. The van der Waals surface area contributed by atoms with E-state index in [0.717, 1.165) is 43.9 Å². The summed E-state index contributed by atoms with van der Waals surface area (Å²) in [6.45, 7) is 9.11. The summed E-state index contributed by atoms with van der Waals surface area (Å²) in [6.07, 6.45) is 3.73. The molecule has 2 aromatic carbocycles. The minimum Gasteiger partial charge on any atom is -0.463 e. The number of Topliss-reactive ketones (excluding diaryl/α,β-unsaturated/α-hetero) is 1. The van der Waals surface area contributed by atoms with E-state index in [1.54, 1.807) is 47.2 Å². The van der Waals surface area contributed by atoms with Crippen LogP contribution in [0.15, 0.2) is 60.9 Å². The Bertz CT molecular complexity index is 2280. The summed E-state index contributed by atoms with van der Waals surface area (Å²) in [6, 6.07) is 12.9. The number of ketones is 1. The monoisotopic (exact) mass is 998 g/mol. The number of aryl methyl sites for hydroxylation is 1. The van der Waals surface area contributed by atoms with Gasteiger partial charge in [0.05, 0.1) is 51.4 Å². The maximum absolute atomic E-state index is 14.4. The lowest BCUT2D eigenvalue weighted by Gasteiger charge is -2.35. The molecule has 0 aliphatic carbocycles. The Morgan fingerprint density at radius 3 is 2.19 bits per heavy atom. The Balaban J connectivity index is 0.874. The molecule has 0 radical (unpaired) electrons. The number of alkyl carbamates (subject to hydrolysis) is 1. The highest BCUT2D eigenvalue weighted by Crippen LogP contribution is 2.34. The van der Waals surface area contributed by atoms with Crippen LogP contribution in [0.1, 0.15) is 88.8 Å². The molecule has 1 saturated heterocycles. The van der Waals surface area contributed by atoms with Crippen molar-refractivity contribution in [2.75, 3.05) is 111 Å². The van der Waals surface area contributed by atoms with E-state index in [2.05, 4.69) is 32.1 Å². The first-order valence-corrected chi connectivity index (χ1v) is 24.5. The van der Waals surface area contributed by atoms with Gasteiger partial charge in [0.1, 0.15) is 18.9 Å². The van der Waals surface area contributed by atoms with Crippen molar-refractivity contribution in [2.24, 2.45) is 0 Å². The van der Waals surface area contributed by atoms with Crippen LogP contribution >= 0.6 is 11.6 Å². The van der Waals surface area contributed by atoms with Crippen molar-refractivity contribution >= 4 is 35.1 Å². The zero-order chi connectivity index (χ0) is 49.8. The number of hydrogen-bond acceptors (Lipinski definition) is 13. The largest absolute Gasteiger partial charge is 0.463 e. The zero-order valence-electron chi connectivity index (χ0n) is 40.1. The molecule has 1 N–H and O–H groups in total. The maximum Gasteiger partial charge on any atom is 0.416 e. The van der Waals surface area contributed by atoms with E-state index >= 15 is 0 Å². The molecule has 0 bridgehead atoms. The molecule has 70 heavy (non-hydrogen) atoms. The first kappa shape index (κ1) is 55.8. The molecular formula is C51H66ClF3N6O9. The number of hydrogen-bond donors (Lipinski definition) is 1. The molecule has 1 aliphatic heterocycles. The molecule has 19 heteroatoms. The van der Waals surface area contributed by atoms with E-state index in [4.69, 9.17) is 40.0 Å². The fourth-order valence-electron chi connectivity index (χ4n) is 7.45. The standard InChI is InChI=1S/C51H66ClF3N6O9/c1-40-11-13-43(37-42(40)15-16-45-38-57-48-9-6-19-58-61(45)48)47(62)36-41-12-14-44(46(35-41)51(53,54)55)39-60-23-21-59(22-24-60)20-8-18-56-50(64)70-34-32-68-30-29-67-31-33-69-49(63)10-7-26-66-28-27-65-25-5-3-2-4-17-52/h6,9,11-14,19,35,37-38H,2-5,7-8,10,17-18,20-34,36,39H2,1H3,(H,56,64). The molecule has 0 atom stereocenters. The molecule has 0 spiro atoms. The Kier molecular flexibility index (Phi) is 24.9. The fourth-order valence-corrected chi connectivity index (χ4v) is 7.64. The van der Waals surface area contributed by atoms with E-state index in [1.807, 2.05) is 17.9 Å². The number of imidazole rings is 1. The number of carbonyl (C=O) groups is 3. The van der Waals surface area contributed by atoms with Gasteiger partial charge in [-0.2, -0.15) is 18.3 Å². The number of amides is 1. The van der Waals surface area contributed by atoms with Crippen LogP contribution in [0.2, 0.25) is 0 Å². The topological polar surface area (TPSA) is 155 Å². The lowest BCUT2D eigenvalue weighted by molar-refractivity contribution is -0.145. The van der Waals surface area contributed by atoms with Gasteiger partial charge < -0.3 is 38.6 Å². The highest BCUT2D eigenvalue weighted by atomic mass is 35.5. The van der Waals surface area contributed by atoms with Gasteiger partial charge in [-0.25, -0.2) is 14.3 Å². The van der Waals surface area contributed by atoms with Crippen molar-refractivity contribution < 1.29 is 56.0 Å². The van der Waals surface area contributed by atoms with Crippen molar-refractivity contribution in [1.82, 2.24) is 29.7 Å². The van der Waals surface area contributed by atoms with Crippen LogP contribution in [0.4, 0.5) is 18.0 Å². The van der Waals surface area contributed by atoms with Crippen LogP contribution in [0.3, 0.4) is 0 Å². The van der Waals surface area contributed by atoms with Gasteiger partial charge in [0.2, 0.25) is 0 Å². The predicted octanol–water partition coefficient (Wildman–Crippen LogP) is 7.30. The number of ether oxygens (including phenoxy) is 6. The normalized spacial score (nSPS) is 13.3. The summed E-state index contributed by atoms with van der Waals surface area (Å²) in [7, 11) is 0. The van der Waals surface area contributed by atoms with Gasteiger partial charge in [-0.05, 0) is 86.0 Å². The number of unbranched alkanes of at least 4 members (excludes halogenated alkanes) is 3. The van der Waals surface area contributed by atoms with E-state index < -0.39 is 17.8 Å². The number of carbonyl (C=O) groups excluding carboxylic acids is 3. The van der Waals surface area contributed by atoms with Crippen molar-refractivity contribution in [3.8, 4) is 11.8 Å². The van der Waals surface area contributed by atoms with Crippen LogP contribution in [-0.4, -0.2) is 153 Å². The summed E-state index contributed by atoms with van der Waals surface area (Å²) in [5, 5.41) is 6.99. The Morgan fingerprint density at radius 1 is 0.757 bits per heavy atom. The first-order chi connectivity index (χ1) is 34.0. The highest BCUT2D eigenvalue weighted by Gasteiger charge is 2.34. The molecule has 3 heterocycles. The first-order valence-electron chi connectivity index (χ1n) is 24.0. The molecule has 15 nitrogen and oxygen atoms in total. The van der Waals surface area contributed by atoms with Crippen LogP contribution in [0.5, 0.6) is 0 Å². The third-order valence-electron chi connectivity index (χ3n) is 11.3. The molecule has 382 valence electrons. The van der Waals surface area contributed by atoms with Crippen molar-refractivity contribution in [3.05, 3.63) is 100.0 Å². The Morgan fingerprint density at radius 2 is 1.44 bits per heavy atom. The van der Waals surface area contributed by atoms with Gasteiger partial charge in [-0.1, -0.05) is 43.0 Å². The van der Waals surface area contributed by atoms with E-state index in [-0.39, 0.29) is 68.7 Å². The summed E-state index contributed by atoms with van der Waals surface area (Å²) < 4.78 is 77.0. The molecule has 4 aromatic rings. The van der Waals surface area contributed by atoms with Crippen LogP contribution < -0.4 is 5.32 Å². The van der Waals surface area contributed by atoms with Crippen molar-refractivity contribution in [3.63, 3.8) is 0 Å². The average Bonchev–Trinajstić information content (AvgIpc) is 3.77. The molecule has 0 unspecified atom stereocenters. The van der Waals surface area contributed by atoms with E-state index in [1.165, 1.54) is 6.07 Å². The van der Waals surface area contributed by atoms with Gasteiger partial charge in [0, 0.05) is 88.5 Å². The number of nitrogens with zero attached hydrogens (tertiary/aromatic N) is 5. The van der Waals surface area contributed by atoms with Gasteiger partial charge in [-0.3, -0.25) is 14.5 Å². The van der Waals surface area contributed by atoms with Gasteiger partial charge in [0.15, 0.2) is 11.4 Å². The number of rotatable bonds is 31. The van der Waals surface area contributed by atoms with Gasteiger partial charge in [-0.15, -0.1) is 11.6 Å². The number of nitrogens with one attached hydrogen (secondary N) is 1. The van der Waals surface area contributed by atoms with E-state index in [9.17, 15) is 27.6 Å². The quantitative estimate of drug-likeness (QED) is 0.0176. The fraction of sp³-hybridized carbons (Fsp3) is 0.549. The second kappa shape index (κ2) is 31.3. The summed E-state index contributed by atoms with van der Waals surface area (Å²) in [5.74, 6) is 6.23. The maximum atomic E-state index is 14.4. The molecule has 5 rings (SSSR count). The van der Waals surface area contributed by atoms with E-state index in [0.29, 0.717) is 113 Å². The SMILES string of the molecule is Cc1ccc(C(=O)Cc2ccc(CN3CCN(CCCNC(=O)OCCOCCOCCOC(=O)CCCOCCOCCCCCCCl)CC3)c(C(F)(F)F)c2)cc1C#Cc1cnc2cccnn12. The molecule has 0 saturated carbocycles. The summed E-state index contributed by atoms with van der Waals surface area (Å²) in [5.41, 5.74) is 2.78. The minimum absolute atomic E-state index is 0.0734. The summed E-state index contributed by atoms with van der Waals surface area (Å²) >= 11 is 5.66. The second-order valence-corrected chi connectivity index (χ2v) is 17.1. The minimum atomic E-state index is -4.59.